The summed E-state index contributed by atoms with van der Waals surface area (Å²) >= 11 is 0. The van der Waals surface area contributed by atoms with Crippen LogP contribution in [0.25, 0.3) is 22.0 Å². The van der Waals surface area contributed by atoms with Gasteiger partial charge < -0.3 is 15.2 Å². The Hall–Kier alpha value is -4.19. The number of hydrogen-bond donors (Lipinski definition) is 2. The van der Waals surface area contributed by atoms with E-state index in [1.807, 2.05) is 66.7 Å². The van der Waals surface area contributed by atoms with Gasteiger partial charge in [0.15, 0.2) is 0 Å². The molecule has 0 spiro atoms. The van der Waals surface area contributed by atoms with E-state index < -0.39 is 18.1 Å². The zero-order chi connectivity index (χ0) is 22.8. The Bertz CT molecular complexity index is 1310. The van der Waals surface area contributed by atoms with Crippen LogP contribution in [0.4, 0.5) is 4.79 Å². The first kappa shape index (κ1) is 20.7. The first-order valence-electron chi connectivity index (χ1n) is 10.8. The summed E-state index contributed by atoms with van der Waals surface area (Å²) in [6.45, 7) is 0.125. The van der Waals surface area contributed by atoms with Gasteiger partial charge in [-0.3, -0.25) is 4.98 Å². The van der Waals surface area contributed by atoms with E-state index in [4.69, 9.17) is 4.74 Å². The number of para-hydroxylation sites is 1. The average Bonchev–Trinajstić information content (AvgIpc) is 3.16. The van der Waals surface area contributed by atoms with Crippen LogP contribution in [0.1, 0.15) is 22.7 Å². The largest absolute Gasteiger partial charge is 0.480 e. The van der Waals surface area contributed by atoms with Crippen LogP contribution in [0.15, 0.2) is 84.9 Å². The highest BCUT2D eigenvalue weighted by atomic mass is 16.5. The molecule has 0 fully saturated rings. The molecule has 0 saturated heterocycles. The van der Waals surface area contributed by atoms with Gasteiger partial charge in [-0.25, -0.2) is 9.59 Å². The Morgan fingerprint density at radius 3 is 2.21 bits per heavy atom. The molecule has 6 heteroatoms. The standard InChI is InChI=1S/C27H22N2O4/c30-26(31)25(15-18-14-13-17-7-1-6-12-24(17)28-18)29-27(32)33-16-23-21-10-4-2-8-19(21)20-9-3-5-11-22(20)23/h1-14,23,25H,15-16H2,(H,29,32)(H,30,31)/t25-/m0/s1. The fourth-order valence-electron chi connectivity index (χ4n) is 4.41. The summed E-state index contributed by atoms with van der Waals surface area (Å²) in [6, 6.07) is 26.2. The van der Waals surface area contributed by atoms with Crippen LogP contribution < -0.4 is 5.32 Å². The van der Waals surface area contributed by atoms with Crippen LogP contribution in [-0.4, -0.2) is 34.8 Å². The zero-order valence-electron chi connectivity index (χ0n) is 17.8. The summed E-state index contributed by atoms with van der Waals surface area (Å²) in [7, 11) is 0. The first-order valence-corrected chi connectivity index (χ1v) is 10.8. The number of amides is 1. The number of rotatable bonds is 6. The number of carboxylic acid groups (broad SMARTS) is 1. The number of alkyl carbamates (subject to hydrolysis) is 1. The van der Waals surface area contributed by atoms with Crippen molar-refractivity contribution in [2.24, 2.45) is 0 Å². The summed E-state index contributed by atoms with van der Waals surface area (Å²) < 4.78 is 5.49. The maximum Gasteiger partial charge on any atom is 0.407 e. The van der Waals surface area contributed by atoms with Gasteiger partial charge in [-0.05, 0) is 34.4 Å². The van der Waals surface area contributed by atoms with Crippen molar-refractivity contribution in [2.75, 3.05) is 6.61 Å². The number of carbonyl (C=O) groups excluding carboxylic acids is 1. The van der Waals surface area contributed by atoms with Gasteiger partial charge in [0, 0.05) is 23.4 Å². The van der Waals surface area contributed by atoms with Crippen LogP contribution in [-0.2, 0) is 16.0 Å². The predicted octanol–water partition coefficient (Wildman–Crippen LogP) is 4.77. The van der Waals surface area contributed by atoms with E-state index in [0.29, 0.717) is 5.69 Å². The molecule has 3 aromatic carbocycles. The number of aromatic nitrogens is 1. The Labute approximate surface area is 190 Å². The Kier molecular flexibility index (Phi) is 5.48. The Morgan fingerprint density at radius 1 is 0.879 bits per heavy atom. The van der Waals surface area contributed by atoms with Gasteiger partial charge in [0.2, 0.25) is 0 Å². The molecule has 164 valence electrons. The second-order valence-electron chi connectivity index (χ2n) is 8.06. The SMILES string of the molecule is O=C(N[C@@H](Cc1ccc2ccccc2n1)C(=O)O)OCC1c2ccccc2-c2ccccc21. The van der Waals surface area contributed by atoms with Crippen molar-refractivity contribution in [2.45, 2.75) is 18.4 Å². The number of pyridine rings is 1. The second-order valence-corrected chi connectivity index (χ2v) is 8.06. The lowest BCUT2D eigenvalue weighted by atomic mass is 9.98. The summed E-state index contributed by atoms with van der Waals surface area (Å²) in [5, 5.41) is 13.1. The van der Waals surface area contributed by atoms with Crippen molar-refractivity contribution in [3.63, 3.8) is 0 Å². The minimum atomic E-state index is -1.14. The van der Waals surface area contributed by atoms with Crippen LogP contribution in [0.2, 0.25) is 0 Å². The van der Waals surface area contributed by atoms with Crippen molar-refractivity contribution in [3.8, 4) is 11.1 Å². The van der Waals surface area contributed by atoms with E-state index in [0.717, 1.165) is 33.2 Å². The monoisotopic (exact) mass is 438 g/mol. The third-order valence-corrected chi connectivity index (χ3v) is 6.00. The number of fused-ring (bicyclic) bond motifs is 4. The van der Waals surface area contributed by atoms with Crippen molar-refractivity contribution in [1.29, 1.82) is 0 Å². The van der Waals surface area contributed by atoms with E-state index in [1.165, 1.54) is 0 Å². The number of hydrogen-bond acceptors (Lipinski definition) is 4. The molecule has 1 amide bonds. The Balaban J connectivity index is 1.27. The maximum absolute atomic E-state index is 12.5. The summed E-state index contributed by atoms with van der Waals surface area (Å²) in [6.07, 6.45) is -0.699. The number of benzene rings is 3. The molecule has 5 rings (SSSR count). The van der Waals surface area contributed by atoms with Crippen molar-refractivity contribution >= 4 is 23.0 Å². The number of carbonyl (C=O) groups is 2. The Morgan fingerprint density at radius 2 is 1.52 bits per heavy atom. The fraction of sp³-hybridized carbons (Fsp3) is 0.148. The summed E-state index contributed by atoms with van der Waals surface area (Å²) in [4.78, 5) is 28.8. The van der Waals surface area contributed by atoms with Crippen LogP contribution >= 0.6 is 0 Å². The predicted molar refractivity (Wildman–Crippen MR) is 125 cm³/mol. The molecule has 0 saturated carbocycles. The van der Waals surface area contributed by atoms with E-state index >= 15 is 0 Å². The number of nitrogens with zero attached hydrogens (tertiary/aromatic N) is 1. The van der Waals surface area contributed by atoms with Gasteiger partial charge in [-0.2, -0.15) is 0 Å². The summed E-state index contributed by atoms with van der Waals surface area (Å²) in [5.74, 6) is -1.23. The van der Waals surface area contributed by atoms with Crippen LogP contribution in [0.3, 0.4) is 0 Å². The topological polar surface area (TPSA) is 88.5 Å². The van der Waals surface area contributed by atoms with E-state index in [-0.39, 0.29) is 18.9 Å². The molecule has 1 heterocycles. The fourth-order valence-corrected chi connectivity index (χ4v) is 4.41. The highest BCUT2D eigenvalue weighted by molar-refractivity contribution is 5.82. The average molecular weight is 438 g/mol. The van der Waals surface area contributed by atoms with Crippen LogP contribution in [0, 0.1) is 0 Å². The molecule has 2 N–H and O–H groups in total. The van der Waals surface area contributed by atoms with E-state index in [9.17, 15) is 14.7 Å². The molecule has 0 radical (unpaired) electrons. The van der Waals surface area contributed by atoms with Gasteiger partial charge in [0.25, 0.3) is 0 Å². The lowest BCUT2D eigenvalue weighted by Crippen LogP contribution is -2.43. The second kappa shape index (κ2) is 8.74. The van der Waals surface area contributed by atoms with Crippen molar-refractivity contribution in [1.82, 2.24) is 10.3 Å². The molecular formula is C27H22N2O4. The molecule has 0 aliphatic heterocycles. The third-order valence-electron chi connectivity index (χ3n) is 6.00. The van der Waals surface area contributed by atoms with Crippen molar-refractivity contribution < 1.29 is 19.4 Å². The van der Waals surface area contributed by atoms with Crippen LogP contribution in [0.5, 0.6) is 0 Å². The molecule has 1 aliphatic rings. The first-order chi connectivity index (χ1) is 16.1. The minimum Gasteiger partial charge on any atom is -0.480 e. The van der Waals surface area contributed by atoms with Gasteiger partial charge >= 0.3 is 12.1 Å². The molecule has 4 aromatic rings. The van der Waals surface area contributed by atoms with E-state index in [1.54, 1.807) is 6.07 Å². The normalized spacial score (nSPS) is 13.2. The molecule has 0 bridgehead atoms. The van der Waals surface area contributed by atoms with Gasteiger partial charge in [0.1, 0.15) is 12.6 Å². The maximum atomic E-state index is 12.5. The van der Waals surface area contributed by atoms with Crippen molar-refractivity contribution in [3.05, 3.63) is 102 Å². The number of ether oxygens (including phenoxy) is 1. The molecule has 33 heavy (non-hydrogen) atoms. The molecular weight excluding hydrogens is 416 g/mol. The highest BCUT2D eigenvalue weighted by Crippen LogP contribution is 2.44. The molecule has 0 unspecified atom stereocenters. The zero-order valence-corrected chi connectivity index (χ0v) is 17.8. The van der Waals surface area contributed by atoms with Gasteiger partial charge in [-0.1, -0.05) is 72.8 Å². The minimum absolute atomic E-state index is 0.0599. The molecule has 1 aromatic heterocycles. The lowest BCUT2D eigenvalue weighted by Gasteiger charge is -2.17. The van der Waals surface area contributed by atoms with E-state index in [2.05, 4.69) is 22.4 Å². The quantitative estimate of drug-likeness (QED) is 0.453. The van der Waals surface area contributed by atoms with Gasteiger partial charge in [0.05, 0.1) is 5.52 Å². The number of nitrogens with one attached hydrogen (secondary N) is 1. The third kappa shape index (κ3) is 4.15. The molecule has 1 atom stereocenters. The summed E-state index contributed by atoms with van der Waals surface area (Å²) in [5.41, 5.74) is 5.82. The number of carboxylic acids is 1. The molecule has 6 nitrogen and oxygen atoms in total. The lowest BCUT2D eigenvalue weighted by molar-refractivity contribution is -0.139. The smallest absolute Gasteiger partial charge is 0.407 e. The number of aliphatic carboxylic acids is 1. The molecule has 1 aliphatic carbocycles. The highest BCUT2D eigenvalue weighted by Gasteiger charge is 2.29. The van der Waals surface area contributed by atoms with Gasteiger partial charge in [-0.15, -0.1) is 0 Å².